The molecule has 1 aromatic heterocycles. The van der Waals surface area contributed by atoms with E-state index >= 15 is 0 Å². The number of ether oxygens (including phenoxy) is 4. The van der Waals surface area contributed by atoms with Gasteiger partial charge in [0.05, 0.1) is 50.2 Å². The molecule has 6 N–H and O–H groups in total. The maximum Gasteiger partial charge on any atom is 0.329 e. The molecule has 0 aliphatic carbocycles. The summed E-state index contributed by atoms with van der Waals surface area (Å²) in [5.41, 5.74) is 15.6. The maximum absolute atomic E-state index is 12.9. The number of nitrogens with zero attached hydrogens (tertiary/aromatic N) is 2. The molecule has 1 saturated heterocycles. The van der Waals surface area contributed by atoms with Crippen LogP contribution in [0.3, 0.4) is 0 Å². The smallest absolute Gasteiger partial charge is 0.329 e. The number of hydrogen-bond acceptors (Lipinski definition) is 10. The van der Waals surface area contributed by atoms with E-state index in [1.165, 1.54) is 14.7 Å². The molecule has 0 bridgehead atoms. The molecule has 0 radical (unpaired) electrons. The first kappa shape index (κ1) is 41.3. The number of aromatic nitrogens is 2. The Balaban J connectivity index is 0.982. The largest absolute Gasteiger partial charge is 0.379 e. The quantitative estimate of drug-likeness (QED) is 0.0770. The lowest BCUT2D eigenvalue weighted by Gasteiger charge is -2.21. The van der Waals surface area contributed by atoms with Gasteiger partial charge in [-0.3, -0.25) is 33.6 Å². The number of piperidine rings is 1. The second-order valence-electron chi connectivity index (χ2n) is 13.3. The summed E-state index contributed by atoms with van der Waals surface area (Å²) in [5, 5.41) is 5.20. The number of rotatable bonds is 24. The summed E-state index contributed by atoms with van der Waals surface area (Å²) in [7, 11) is 1.68. The predicted molar refractivity (Wildman–Crippen MR) is 198 cm³/mol. The molecule has 15 heteroatoms. The van der Waals surface area contributed by atoms with Crippen LogP contribution in [0.5, 0.6) is 0 Å². The van der Waals surface area contributed by atoms with E-state index in [0.29, 0.717) is 64.5 Å². The predicted octanol–water partition coefficient (Wildman–Crippen LogP) is 1.55. The van der Waals surface area contributed by atoms with Crippen molar-refractivity contribution in [1.29, 1.82) is 0 Å². The van der Waals surface area contributed by atoms with Crippen molar-refractivity contribution in [3.8, 4) is 0 Å². The van der Waals surface area contributed by atoms with E-state index in [1.807, 2.05) is 49.4 Å². The van der Waals surface area contributed by atoms with E-state index in [9.17, 15) is 24.0 Å². The number of benzene rings is 2. The molecule has 0 spiro atoms. The zero-order valence-electron chi connectivity index (χ0n) is 30.8. The van der Waals surface area contributed by atoms with Crippen molar-refractivity contribution in [3.63, 3.8) is 0 Å². The number of amides is 4. The molecule has 3 aromatic rings. The Labute approximate surface area is 309 Å². The number of nitrogens with two attached hydrogens (primary N) is 2. The van der Waals surface area contributed by atoms with Crippen molar-refractivity contribution in [2.24, 2.45) is 18.5 Å². The van der Waals surface area contributed by atoms with Gasteiger partial charge in [0.1, 0.15) is 12.6 Å². The molecule has 15 nitrogen and oxygen atoms in total. The summed E-state index contributed by atoms with van der Waals surface area (Å²) < 4.78 is 25.5. The summed E-state index contributed by atoms with van der Waals surface area (Å²) in [6, 6.07) is 12.9. The van der Waals surface area contributed by atoms with E-state index in [0.717, 1.165) is 42.3 Å². The monoisotopic (exact) mass is 738 g/mol. The molecule has 53 heavy (non-hydrogen) atoms. The molecule has 1 aliphatic heterocycles. The van der Waals surface area contributed by atoms with Crippen LogP contribution >= 0.6 is 0 Å². The molecule has 4 amide bonds. The Morgan fingerprint density at radius 2 is 1.57 bits per heavy atom. The number of carbonyl (C=O) groups is 4. The summed E-state index contributed by atoms with van der Waals surface area (Å²) in [6.45, 7) is 4.90. The van der Waals surface area contributed by atoms with E-state index in [4.69, 9.17) is 30.4 Å². The van der Waals surface area contributed by atoms with Gasteiger partial charge in [0.15, 0.2) is 0 Å². The lowest BCUT2D eigenvalue weighted by Crippen LogP contribution is -2.44. The average molecular weight is 739 g/mol. The Hall–Kier alpha value is -4.41. The average Bonchev–Trinajstić information content (AvgIpc) is 3.38. The highest BCUT2D eigenvalue weighted by Gasteiger charge is 2.31. The molecule has 2 aromatic carbocycles. The Morgan fingerprint density at radius 3 is 2.28 bits per heavy atom. The second-order valence-corrected chi connectivity index (χ2v) is 13.3. The number of imide groups is 1. The minimum absolute atomic E-state index is 0.0270. The van der Waals surface area contributed by atoms with Gasteiger partial charge in [-0.2, -0.15) is 0 Å². The van der Waals surface area contributed by atoms with Crippen LogP contribution in [0.25, 0.3) is 11.0 Å². The number of imidazole rings is 1. The van der Waals surface area contributed by atoms with Crippen molar-refractivity contribution < 1.29 is 38.1 Å². The van der Waals surface area contributed by atoms with Crippen molar-refractivity contribution in [1.82, 2.24) is 19.8 Å². The number of hydrogen-bond donors (Lipinski definition) is 4. The van der Waals surface area contributed by atoms with Crippen LogP contribution in [-0.4, -0.2) is 91.1 Å². The minimum Gasteiger partial charge on any atom is -0.379 e. The highest BCUT2D eigenvalue weighted by atomic mass is 16.5. The number of nitrogens with one attached hydrogen (secondary N) is 2. The van der Waals surface area contributed by atoms with Crippen LogP contribution in [0.4, 0.5) is 0 Å². The molecule has 2 heterocycles. The molecule has 1 unspecified atom stereocenters. The van der Waals surface area contributed by atoms with Gasteiger partial charge in [-0.1, -0.05) is 30.3 Å². The van der Waals surface area contributed by atoms with Crippen LogP contribution < -0.4 is 27.8 Å². The first-order valence-corrected chi connectivity index (χ1v) is 18.3. The Bertz CT molecular complexity index is 1720. The summed E-state index contributed by atoms with van der Waals surface area (Å²) in [5.74, 6) is -1.30. The number of primary amides is 1. The lowest BCUT2D eigenvalue weighted by atomic mass is 10.1. The van der Waals surface area contributed by atoms with Crippen LogP contribution in [0, 0.1) is 0 Å². The second kappa shape index (κ2) is 21.3. The third kappa shape index (κ3) is 13.2. The first-order chi connectivity index (χ1) is 25.5. The van der Waals surface area contributed by atoms with Crippen LogP contribution in [0.1, 0.15) is 68.2 Å². The molecule has 1 aliphatic rings. The molecular weight excluding hydrogens is 684 g/mol. The zero-order chi connectivity index (χ0) is 38.2. The maximum atomic E-state index is 12.9. The van der Waals surface area contributed by atoms with Gasteiger partial charge in [-0.05, 0) is 74.3 Å². The summed E-state index contributed by atoms with van der Waals surface area (Å²) in [4.78, 5) is 59.9. The highest BCUT2D eigenvalue weighted by molar-refractivity contribution is 6.00. The van der Waals surface area contributed by atoms with Crippen molar-refractivity contribution in [2.45, 2.75) is 83.1 Å². The fourth-order valence-electron chi connectivity index (χ4n) is 6.05. The Kier molecular flexibility index (Phi) is 16.6. The molecule has 0 saturated carbocycles. The first-order valence-electron chi connectivity index (χ1n) is 18.3. The number of carbonyl (C=O) groups excluding carboxylic acids is 4. The van der Waals surface area contributed by atoms with E-state index in [-0.39, 0.29) is 55.0 Å². The molecule has 3 atom stereocenters. The summed E-state index contributed by atoms with van der Waals surface area (Å²) in [6.07, 6.45) is 4.22. The third-order valence-electron chi connectivity index (χ3n) is 9.23. The number of fused-ring (bicyclic) bond motifs is 1. The zero-order valence-corrected chi connectivity index (χ0v) is 30.8. The fraction of sp³-hybridized carbons (Fsp3) is 0.553. The van der Waals surface area contributed by atoms with Crippen LogP contribution in [-0.2, 0) is 64.6 Å². The van der Waals surface area contributed by atoms with Crippen molar-refractivity contribution >= 4 is 34.7 Å². The SMILES string of the molecule is C[C@@H](OCc1ccc(CCCNC(=O)COCCOCCOCCCc2ccc3c(c2)n(C)c(=O)n3C2CCC(=O)NC2=O)cc1)[C@@H](N)CCC(N)=O. The topological polar surface area (TPSA) is 208 Å². The summed E-state index contributed by atoms with van der Waals surface area (Å²) >= 11 is 0. The molecular formula is C38H54N6O9. The molecule has 4 rings (SSSR count). The van der Waals surface area contributed by atoms with Gasteiger partial charge in [0, 0.05) is 39.1 Å². The van der Waals surface area contributed by atoms with Crippen LogP contribution in [0.2, 0.25) is 0 Å². The van der Waals surface area contributed by atoms with E-state index in [1.54, 1.807) is 7.05 Å². The van der Waals surface area contributed by atoms with Gasteiger partial charge in [0.25, 0.3) is 0 Å². The van der Waals surface area contributed by atoms with Gasteiger partial charge >= 0.3 is 5.69 Å². The normalized spacial score (nSPS) is 15.7. The number of aryl methyl sites for hydroxylation is 3. The van der Waals surface area contributed by atoms with Crippen molar-refractivity contribution in [2.75, 3.05) is 46.2 Å². The highest BCUT2D eigenvalue weighted by Crippen LogP contribution is 2.24. The molecule has 1 fully saturated rings. The van der Waals surface area contributed by atoms with E-state index in [2.05, 4.69) is 10.6 Å². The fourth-order valence-corrected chi connectivity index (χ4v) is 6.05. The van der Waals surface area contributed by atoms with Gasteiger partial charge < -0.3 is 35.7 Å². The standard InChI is InChI=1S/C38H54N6O9/c1-26(30(39)12-15-34(40)45)53-24-29-9-7-27(8-10-29)5-3-17-41-36(47)25-52-22-21-51-20-19-50-18-4-6-28-11-13-31-33(23-28)43(2)38(49)44(31)32-14-16-35(46)42-37(32)48/h7-11,13,23,26,30,32H,3-6,12,14-22,24-25,39H2,1-2H3,(H2,40,45)(H,41,47)(H,42,46,48)/t26-,30+,32?/m1/s1. The third-order valence-corrected chi connectivity index (χ3v) is 9.23. The van der Waals surface area contributed by atoms with Crippen molar-refractivity contribution in [3.05, 3.63) is 69.6 Å². The Morgan fingerprint density at radius 1 is 0.906 bits per heavy atom. The van der Waals surface area contributed by atoms with Crippen LogP contribution in [0.15, 0.2) is 47.3 Å². The van der Waals surface area contributed by atoms with E-state index < -0.39 is 11.9 Å². The minimum atomic E-state index is -0.702. The van der Waals surface area contributed by atoms with Gasteiger partial charge in [-0.15, -0.1) is 0 Å². The lowest BCUT2D eigenvalue weighted by molar-refractivity contribution is -0.135. The van der Waals surface area contributed by atoms with Gasteiger partial charge in [0.2, 0.25) is 23.6 Å². The van der Waals surface area contributed by atoms with Gasteiger partial charge in [-0.25, -0.2) is 4.79 Å². The molecule has 290 valence electrons.